The molecule has 0 fully saturated rings. The van der Waals surface area contributed by atoms with Gasteiger partial charge >= 0.3 is 12.1 Å². The lowest BCUT2D eigenvalue weighted by Gasteiger charge is -2.02. The third-order valence-electron chi connectivity index (χ3n) is 3.67. The fraction of sp³-hybridized carbons (Fsp3) is 0.737. The largest absolute Gasteiger partial charge is 0.490 e. The average Bonchev–Trinajstić information content (AvgIpc) is 2.59. The Bertz CT molecular complexity index is 526. The highest BCUT2D eigenvalue weighted by Gasteiger charge is 2.38. The van der Waals surface area contributed by atoms with E-state index >= 15 is 0 Å². The number of unbranched alkanes of at least 4 members (excludes halogenated alkanes) is 3. The molecule has 0 heterocycles. The third kappa shape index (κ3) is 20.3. The van der Waals surface area contributed by atoms with Crippen LogP contribution in [0.2, 0.25) is 0 Å². The number of carbonyl (C=O) groups is 5. The van der Waals surface area contributed by atoms with Crippen LogP contribution in [-0.2, 0) is 24.0 Å². The molecule has 0 aromatic heterocycles. The van der Waals surface area contributed by atoms with Crippen molar-refractivity contribution in [3.05, 3.63) is 0 Å². The van der Waals surface area contributed by atoms with Gasteiger partial charge in [-0.3, -0.25) is 14.4 Å². The summed E-state index contributed by atoms with van der Waals surface area (Å²) in [6, 6.07) is 0. The molecule has 0 aromatic carbocycles. The minimum Gasteiger partial charge on any atom is -0.475 e. The standard InChI is InChI=1S/C17H28O4.C2HF3O2/c1-3-4-5-6-7-15(19)10-11-17(21)13-12-16(20)9-8-14(2)18;3-2(4,5)1(6)7/h3-13H2,1-2H3;(H,6,7). The second-order valence-electron chi connectivity index (χ2n) is 6.43. The molecule has 0 radical (unpaired) electrons. The molecule has 0 rings (SSSR count). The molecule has 0 spiro atoms. The van der Waals surface area contributed by atoms with Crippen molar-refractivity contribution >= 4 is 29.1 Å². The van der Waals surface area contributed by atoms with Crippen molar-refractivity contribution in [1.82, 2.24) is 0 Å². The SMILES string of the molecule is CCCCCCC(=O)CCC(=O)CCC(=O)CCC(C)=O.O=C(O)C(F)(F)F. The number of hydrogen-bond donors (Lipinski definition) is 1. The Hall–Kier alpha value is -2.06. The number of aliphatic carboxylic acids is 1. The van der Waals surface area contributed by atoms with Crippen molar-refractivity contribution in [3.8, 4) is 0 Å². The normalized spacial score (nSPS) is 10.6. The summed E-state index contributed by atoms with van der Waals surface area (Å²) in [7, 11) is 0. The Labute approximate surface area is 162 Å². The molecule has 0 unspecified atom stereocenters. The molecule has 6 nitrogen and oxygen atoms in total. The van der Waals surface area contributed by atoms with E-state index in [4.69, 9.17) is 9.90 Å². The summed E-state index contributed by atoms with van der Waals surface area (Å²) in [5.41, 5.74) is 0. The van der Waals surface area contributed by atoms with Gasteiger partial charge in [0, 0.05) is 44.9 Å². The number of rotatable bonds is 14. The lowest BCUT2D eigenvalue weighted by molar-refractivity contribution is -0.192. The van der Waals surface area contributed by atoms with Gasteiger partial charge in [-0.05, 0) is 13.3 Å². The monoisotopic (exact) mass is 410 g/mol. The molecule has 0 aliphatic carbocycles. The molecule has 0 saturated carbocycles. The summed E-state index contributed by atoms with van der Waals surface area (Å²) in [5, 5.41) is 7.12. The van der Waals surface area contributed by atoms with Crippen LogP contribution in [0.5, 0.6) is 0 Å². The van der Waals surface area contributed by atoms with Crippen molar-refractivity contribution in [3.63, 3.8) is 0 Å². The fourth-order valence-electron chi connectivity index (χ4n) is 2.00. The maximum Gasteiger partial charge on any atom is 0.490 e. The topological polar surface area (TPSA) is 106 Å². The number of carbonyl (C=O) groups excluding carboxylic acids is 4. The predicted octanol–water partition coefficient (Wildman–Crippen LogP) is 4.23. The first-order valence-corrected chi connectivity index (χ1v) is 9.24. The highest BCUT2D eigenvalue weighted by Crippen LogP contribution is 2.13. The molecule has 0 atom stereocenters. The molecule has 28 heavy (non-hydrogen) atoms. The lowest BCUT2D eigenvalue weighted by atomic mass is 10.0. The Morgan fingerprint density at radius 2 is 1.04 bits per heavy atom. The van der Waals surface area contributed by atoms with Crippen LogP contribution in [0.3, 0.4) is 0 Å². The molecule has 0 aromatic rings. The van der Waals surface area contributed by atoms with E-state index in [9.17, 15) is 32.3 Å². The van der Waals surface area contributed by atoms with Gasteiger partial charge in [0.25, 0.3) is 0 Å². The van der Waals surface area contributed by atoms with Gasteiger partial charge in [-0.25, -0.2) is 4.79 Å². The molecule has 0 aliphatic rings. The number of carboxylic acids is 1. The first-order chi connectivity index (χ1) is 12.9. The van der Waals surface area contributed by atoms with Gasteiger partial charge in [0.15, 0.2) is 0 Å². The first kappa shape index (κ1) is 28.2. The Morgan fingerprint density at radius 3 is 1.36 bits per heavy atom. The maximum atomic E-state index is 11.6. The highest BCUT2D eigenvalue weighted by atomic mass is 19.4. The summed E-state index contributed by atoms with van der Waals surface area (Å²) < 4.78 is 31.7. The number of halogens is 3. The third-order valence-corrected chi connectivity index (χ3v) is 3.67. The maximum absolute atomic E-state index is 11.6. The van der Waals surface area contributed by atoms with E-state index < -0.39 is 12.1 Å². The van der Waals surface area contributed by atoms with E-state index in [-0.39, 0.29) is 55.2 Å². The van der Waals surface area contributed by atoms with Gasteiger partial charge in [-0.15, -0.1) is 0 Å². The van der Waals surface area contributed by atoms with Crippen LogP contribution < -0.4 is 0 Å². The summed E-state index contributed by atoms with van der Waals surface area (Å²) >= 11 is 0. The van der Waals surface area contributed by atoms with Crippen LogP contribution in [0.4, 0.5) is 13.2 Å². The zero-order valence-electron chi connectivity index (χ0n) is 16.4. The quantitative estimate of drug-likeness (QED) is 0.430. The van der Waals surface area contributed by atoms with Gasteiger partial charge < -0.3 is 9.90 Å². The summed E-state index contributed by atoms with van der Waals surface area (Å²) in [5.74, 6) is -2.71. The van der Waals surface area contributed by atoms with Gasteiger partial charge in [-0.1, -0.05) is 26.2 Å². The lowest BCUT2D eigenvalue weighted by Crippen LogP contribution is -2.21. The minimum absolute atomic E-state index is 0.0108. The van der Waals surface area contributed by atoms with Gasteiger partial charge in [0.05, 0.1) is 0 Å². The van der Waals surface area contributed by atoms with Gasteiger partial charge in [0.1, 0.15) is 23.1 Å². The summed E-state index contributed by atoms with van der Waals surface area (Å²) in [4.78, 5) is 54.2. The Kier molecular flexibility index (Phi) is 16.0. The molecule has 1 N–H and O–H groups in total. The number of ketones is 4. The molecular weight excluding hydrogens is 381 g/mol. The zero-order valence-corrected chi connectivity index (χ0v) is 16.4. The van der Waals surface area contributed by atoms with Crippen molar-refractivity contribution in [2.75, 3.05) is 0 Å². The highest BCUT2D eigenvalue weighted by molar-refractivity contribution is 5.90. The van der Waals surface area contributed by atoms with E-state index in [0.717, 1.165) is 25.7 Å². The Balaban J connectivity index is 0. The molecule has 0 saturated heterocycles. The molecule has 162 valence electrons. The predicted molar refractivity (Wildman–Crippen MR) is 95.9 cm³/mol. The molecule has 0 aliphatic heterocycles. The summed E-state index contributed by atoms with van der Waals surface area (Å²) in [6.45, 7) is 3.57. The van der Waals surface area contributed by atoms with Crippen LogP contribution in [0.15, 0.2) is 0 Å². The molecular formula is C19H29F3O6. The van der Waals surface area contributed by atoms with Crippen LogP contribution in [0.25, 0.3) is 0 Å². The van der Waals surface area contributed by atoms with E-state index in [0.29, 0.717) is 12.8 Å². The van der Waals surface area contributed by atoms with Gasteiger partial charge in [-0.2, -0.15) is 13.2 Å². The number of alkyl halides is 3. The summed E-state index contributed by atoms with van der Waals surface area (Å²) in [6.07, 6.45) is 1.15. The molecule has 0 bridgehead atoms. The zero-order chi connectivity index (χ0) is 22.2. The average molecular weight is 410 g/mol. The van der Waals surface area contributed by atoms with Gasteiger partial charge in [0.2, 0.25) is 0 Å². The number of hydrogen-bond acceptors (Lipinski definition) is 5. The van der Waals surface area contributed by atoms with E-state index in [1.165, 1.54) is 6.92 Å². The number of Topliss-reactive ketones (excluding diaryl/α,β-unsaturated/α-hetero) is 4. The van der Waals surface area contributed by atoms with E-state index in [1.54, 1.807) is 0 Å². The molecule has 9 heteroatoms. The molecule has 0 amide bonds. The van der Waals surface area contributed by atoms with Crippen LogP contribution >= 0.6 is 0 Å². The van der Waals surface area contributed by atoms with Crippen LogP contribution in [0, 0.1) is 0 Å². The smallest absolute Gasteiger partial charge is 0.475 e. The second-order valence-corrected chi connectivity index (χ2v) is 6.43. The fourth-order valence-corrected chi connectivity index (χ4v) is 2.00. The van der Waals surface area contributed by atoms with Crippen LogP contribution in [-0.4, -0.2) is 40.4 Å². The van der Waals surface area contributed by atoms with Crippen molar-refractivity contribution in [2.45, 2.75) is 90.7 Å². The Morgan fingerprint density at radius 1 is 0.679 bits per heavy atom. The van der Waals surface area contributed by atoms with Crippen molar-refractivity contribution in [1.29, 1.82) is 0 Å². The second kappa shape index (κ2) is 15.9. The first-order valence-electron chi connectivity index (χ1n) is 9.24. The van der Waals surface area contributed by atoms with Crippen molar-refractivity contribution < 1.29 is 42.3 Å². The van der Waals surface area contributed by atoms with Crippen LogP contribution in [0.1, 0.15) is 84.5 Å². The van der Waals surface area contributed by atoms with E-state index in [1.807, 2.05) is 0 Å². The van der Waals surface area contributed by atoms with Crippen molar-refractivity contribution in [2.24, 2.45) is 0 Å². The minimum atomic E-state index is -5.08. The van der Waals surface area contributed by atoms with E-state index in [2.05, 4.69) is 6.92 Å². The number of carboxylic acid groups (broad SMARTS) is 1.